The van der Waals surface area contributed by atoms with Crippen molar-refractivity contribution in [1.29, 1.82) is 0 Å². The number of hydrogen-bond acceptors (Lipinski definition) is 2. The van der Waals surface area contributed by atoms with Gasteiger partial charge in [0.1, 0.15) is 5.75 Å². The molecule has 0 saturated carbocycles. The van der Waals surface area contributed by atoms with E-state index >= 15 is 0 Å². The standard InChI is InChI=1S/C16H16BrCl2NO/c1-16(2,3)14-6-10(9-18)7-15(20-14)21-13-5-4-11(19)8-12(13)17/h4-8H,9H2,1-3H3. The monoisotopic (exact) mass is 387 g/mol. The van der Waals surface area contributed by atoms with Crippen LogP contribution in [-0.2, 0) is 11.3 Å². The normalized spacial score (nSPS) is 11.5. The summed E-state index contributed by atoms with van der Waals surface area (Å²) in [4.78, 5) is 4.58. The zero-order chi connectivity index (χ0) is 15.6. The summed E-state index contributed by atoms with van der Waals surface area (Å²) in [5.41, 5.74) is 1.86. The molecule has 0 radical (unpaired) electrons. The van der Waals surface area contributed by atoms with Gasteiger partial charge in [0, 0.05) is 22.4 Å². The van der Waals surface area contributed by atoms with Crippen molar-refractivity contribution in [3.05, 3.63) is 51.1 Å². The van der Waals surface area contributed by atoms with Crippen molar-refractivity contribution in [2.45, 2.75) is 32.1 Å². The number of hydrogen-bond donors (Lipinski definition) is 0. The first-order valence-corrected chi connectivity index (χ1v) is 8.20. The molecular weight excluding hydrogens is 373 g/mol. The number of ether oxygens (including phenoxy) is 1. The zero-order valence-corrected chi connectivity index (χ0v) is 15.2. The molecule has 0 bridgehead atoms. The Labute approximate surface area is 143 Å². The number of aromatic nitrogens is 1. The van der Waals surface area contributed by atoms with Gasteiger partial charge in [-0.25, -0.2) is 4.98 Å². The van der Waals surface area contributed by atoms with Gasteiger partial charge in [0.15, 0.2) is 0 Å². The highest BCUT2D eigenvalue weighted by molar-refractivity contribution is 9.10. The predicted octanol–water partition coefficient (Wildman–Crippen LogP) is 6.33. The van der Waals surface area contributed by atoms with Crippen LogP contribution >= 0.6 is 39.1 Å². The number of halogens is 3. The molecule has 112 valence electrons. The van der Waals surface area contributed by atoms with Crippen molar-refractivity contribution < 1.29 is 4.74 Å². The molecule has 2 nitrogen and oxygen atoms in total. The van der Waals surface area contributed by atoms with Crippen LogP contribution in [-0.4, -0.2) is 4.98 Å². The van der Waals surface area contributed by atoms with Crippen molar-refractivity contribution in [2.75, 3.05) is 0 Å². The van der Waals surface area contributed by atoms with Crippen molar-refractivity contribution in [2.24, 2.45) is 0 Å². The van der Waals surface area contributed by atoms with E-state index in [0.717, 1.165) is 15.7 Å². The maximum absolute atomic E-state index is 5.97. The Bertz CT molecular complexity index is 653. The Morgan fingerprint density at radius 2 is 1.90 bits per heavy atom. The lowest BCUT2D eigenvalue weighted by Crippen LogP contribution is -2.14. The van der Waals surface area contributed by atoms with Gasteiger partial charge in [0.25, 0.3) is 0 Å². The summed E-state index contributed by atoms with van der Waals surface area (Å²) in [7, 11) is 0. The molecule has 0 fully saturated rings. The molecule has 2 aromatic rings. The van der Waals surface area contributed by atoms with Gasteiger partial charge >= 0.3 is 0 Å². The van der Waals surface area contributed by atoms with E-state index in [4.69, 9.17) is 27.9 Å². The summed E-state index contributed by atoms with van der Waals surface area (Å²) < 4.78 is 6.65. The topological polar surface area (TPSA) is 22.1 Å². The minimum Gasteiger partial charge on any atom is -0.438 e. The first-order valence-electron chi connectivity index (χ1n) is 6.50. The third-order valence-corrected chi connectivity index (χ3v) is 4.06. The lowest BCUT2D eigenvalue weighted by molar-refractivity contribution is 0.448. The van der Waals surface area contributed by atoms with Crippen LogP contribution in [0.5, 0.6) is 11.6 Å². The lowest BCUT2D eigenvalue weighted by atomic mass is 9.91. The van der Waals surface area contributed by atoms with E-state index in [1.165, 1.54) is 0 Å². The van der Waals surface area contributed by atoms with Crippen molar-refractivity contribution >= 4 is 39.1 Å². The highest BCUT2D eigenvalue weighted by atomic mass is 79.9. The Morgan fingerprint density at radius 1 is 1.19 bits per heavy atom. The molecule has 0 aliphatic rings. The van der Waals surface area contributed by atoms with Crippen LogP contribution in [0.15, 0.2) is 34.8 Å². The molecule has 0 amide bonds. The molecule has 0 atom stereocenters. The lowest BCUT2D eigenvalue weighted by Gasteiger charge is -2.19. The molecule has 1 aromatic heterocycles. The fourth-order valence-corrected chi connectivity index (χ4v) is 2.66. The minimum absolute atomic E-state index is 0.0720. The summed E-state index contributed by atoms with van der Waals surface area (Å²) in [6.45, 7) is 6.32. The Kier molecular flexibility index (Phi) is 5.18. The van der Waals surface area contributed by atoms with Crippen LogP contribution in [0.3, 0.4) is 0 Å². The Morgan fingerprint density at radius 3 is 2.48 bits per heavy atom. The molecule has 1 heterocycles. The van der Waals surface area contributed by atoms with Gasteiger partial charge in [-0.15, -0.1) is 11.6 Å². The van der Waals surface area contributed by atoms with Gasteiger partial charge in [-0.3, -0.25) is 0 Å². The van der Waals surface area contributed by atoms with Gasteiger partial charge in [-0.05, 0) is 45.8 Å². The highest BCUT2D eigenvalue weighted by Gasteiger charge is 2.18. The molecular formula is C16H16BrCl2NO. The third kappa shape index (κ3) is 4.35. The van der Waals surface area contributed by atoms with E-state index in [9.17, 15) is 0 Å². The van der Waals surface area contributed by atoms with Crippen LogP contribution in [0.2, 0.25) is 5.02 Å². The van der Waals surface area contributed by atoms with Crippen LogP contribution in [0.25, 0.3) is 0 Å². The van der Waals surface area contributed by atoms with Crippen LogP contribution in [0.1, 0.15) is 32.0 Å². The number of pyridine rings is 1. The first kappa shape index (κ1) is 16.6. The molecule has 0 unspecified atom stereocenters. The molecule has 0 aliphatic heterocycles. The average Bonchev–Trinajstić information content (AvgIpc) is 2.40. The summed E-state index contributed by atoms with van der Waals surface area (Å²) >= 11 is 15.3. The number of nitrogens with zero attached hydrogens (tertiary/aromatic N) is 1. The van der Waals surface area contributed by atoms with Gasteiger partial charge in [-0.2, -0.15) is 0 Å². The van der Waals surface area contributed by atoms with Crippen molar-refractivity contribution in [1.82, 2.24) is 4.98 Å². The Balaban J connectivity index is 2.39. The summed E-state index contributed by atoms with van der Waals surface area (Å²) in [5, 5.41) is 0.645. The molecule has 1 aromatic carbocycles. The fraction of sp³-hybridized carbons (Fsp3) is 0.312. The third-order valence-electron chi connectivity index (χ3n) is 2.89. The van der Waals surface area contributed by atoms with Crippen LogP contribution < -0.4 is 4.74 Å². The number of alkyl halides is 1. The predicted molar refractivity (Wildman–Crippen MR) is 91.7 cm³/mol. The molecule has 2 rings (SSSR count). The van der Waals surface area contributed by atoms with E-state index < -0.39 is 0 Å². The maximum Gasteiger partial charge on any atom is 0.219 e. The molecule has 0 spiro atoms. The maximum atomic E-state index is 5.97. The van der Waals surface area contributed by atoms with E-state index in [2.05, 4.69) is 41.7 Å². The summed E-state index contributed by atoms with van der Waals surface area (Å²) in [5.74, 6) is 1.61. The first-order chi connectivity index (χ1) is 9.79. The van der Waals surface area contributed by atoms with E-state index in [1.807, 2.05) is 12.1 Å². The van der Waals surface area contributed by atoms with E-state index in [1.54, 1.807) is 18.2 Å². The van der Waals surface area contributed by atoms with E-state index in [-0.39, 0.29) is 5.41 Å². The number of benzene rings is 1. The molecule has 0 saturated heterocycles. The summed E-state index contributed by atoms with van der Waals surface area (Å²) in [6, 6.07) is 9.23. The second-order valence-corrected chi connectivity index (χ2v) is 7.32. The molecule has 5 heteroatoms. The Hall–Kier alpha value is -0.770. The summed E-state index contributed by atoms with van der Waals surface area (Å²) in [6.07, 6.45) is 0. The van der Waals surface area contributed by atoms with Gasteiger partial charge in [0.2, 0.25) is 5.88 Å². The molecule has 0 aliphatic carbocycles. The van der Waals surface area contributed by atoms with Crippen molar-refractivity contribution in [3.63, 3.8) is 0 Å². The number of rotatable bonds is 3. The molecule has 0 N–H and O–H groups in total. The highest BCUT2D eigenvalue weighted by Crippen LogP contribution is 2.33. The molecule has 21 heavy (non-hydrogen) atoms. The van der Waals surface area contributed by atoms with Crippen molar-refractivity contribution in [3.8, 4) is 11.6 Å². The average molecular weight is 389 g/mol. The zero-order valence-electron chi connectivity index (χ0n) is 12.1. The van der Waals surface area contributed by atoms with E-state index in [0.29, 0.717) is 22.5 Å². The van der Waals surface area contributed by atoms with Gasteiger partial charge in [0.05, 0.1) is 10.2 Å². The second kappa shape index (κ2) is 6.55. The smallest absolute Gasteiger partial charge is 0.219 e. The second-order valence-electron chi connectivity index (χ2n) is 5.76. The van der Waals surface area contributed by atoms with Gasteiger partial charge < -0.3 is 4.74 Å². The quantitative estimate of drug-likeness (QED) is 0.573. The fourth-order valence-electron chi connectivity index (χ4n) is 1.74. The largest absolute Gasteiger partial charge is 0.438 e. The van der Waals surface area contributed by atoms with Gasteiger partial charge in [-0.1, -0.05) is 32.4 Å². The van der Waals surface area contributed by atoms with Crippen LogP contribution in [0.4, 0.5) is 0 Å². The minimum atomic E-state index is -0.0720. The SMILES string of the molecule is CC(C)(C)c1cc(CCl)cc(Oc2ccc(Cl)cc2Br)n1. The van der Waals surface area contributed by atoms with Crippen LogP contribution in [0, 0.1) is 0 Å².